The zero-order valence-corrected chi connectivity index (χ0v) is 19.0. The predicted octanol–water partition coefficient (Wildman–Crippen LogP) is 1.59. The Morgan fingerprint density at radius 2 is 1.45 bits per heavy atom. The van der Waals surface area contributed by atoms with E-state index >= 15 is 0 Å². The third kappa shape index (κ3) is 6.88. The maximum absolute atomic E-state index is 12.2. The van der Waals surface area contributed by atoms with Crippen LogP contribution in [0.2, 0.25) is 0 Å². The van der Waals surface area contributed by atoms with Crippen molar-refractivity contribution >= 4 is 37.4 Å². The Morgan fingerprint density at radius 3 is 2.00 bits per heavy atom. The lowest BCUT2D eigenvalue weighted by atomic mass is 10.2. The molecule has 0 unspecified atom stereocenters. The van der Waals surface area contributed by atoms with E-state index in [2.05, 4.69) is 5.32 Å². The molecule has 11 heteroatoms. The molecule has 0 spiro atoms. The molecule has 0 radical (unpaired) electrons. The average molecular weight is 469 g/mol. The van der Waals surface area contributed by atoms with E-state index in [0.29, 0.717) is 5.69 Å². The van der Waals surface area contributed by atoms with Gasteiger partial charge in [0.1, 0.15) is 0 Å². The number of rotatable bonds is 9. The van der Waals surface area contributed by atoms with Crippen LogP contribution in [-0.2, 0) is 34.2 Å². The average Bonchev–Trinajstić information content (AvgIpc) is 2.71. The van der Waals surface area contributed by atoms with E-state index < -0.39 is 44.1 Å². The van der Waals surface area contributed by atoms with Crippen LogP contribution in [0.25, 0.3) is 0 Å². The minimum atomic E-state index is -3.64. The molecule has 0 aliphatic heterocycles. The minimum absolute atomic E-state index is 0.0664. The summed E-state index contributed by atoms with van der Waals surface area (Å²) in [6, 6.07) is 11.8. The van der Waals surface area contributed by atoms with Gasteiger partial charge in [-0.2, -0.15) is 0 Å². The smallest absolute Gasteiger partial charge is 0.307 e. The van der Waals surface area contributed by atoms with Crippen molar-refractivity contribution in [3.8, 4) is 0 Å². The van der Waals surface area contributed by atoms with Crippen LogP contribution in [0, 0.1) is 6.92 Å². The normalized spacial score (nSPS) is 11.9. The number of carbonyl (C=O) groups excluding carboxylic acids is 2. The fourth-order valence-corrected chi connectivity index (χ4v) is 4.54. The summed E-state index contributed by atoms with van der Waals surface area (Å²) in [7, 11) is -4.40. The number of benzene rings is 2. The summed E-state index contributed by atoms with van der Waals surface area (Å²) in [4.78, 5) is 23.9. The molecule has 0 saturated heterocycles. The first kappa shape index (κ1) is 24.5. The van der Waals surface area contributed by atoms with Crippen molar-refractivity contribution in [2.75, 3.05) is 31.8 Å². The Labute approximate surface area is 182 Å². The largest absolute Gasteiger partial charge is 0.456 e. The topological polar surface area (TPSA) is 127 Å². The highest BCUT2D eigenvalue weighted by Gasteiger charge is 2.18. The first-order valence-corrected chi connectivity index (χ1v) is 12.3. The summed E-state index contributed by atoms with van der Waals surface area (Å²) >= 11 is 0. The van der Waals surface area contributed by atoms with Crippen LogP contribution in [0.1, 0.15) is 12.0 Å². The third-order valence-electron chi connectivity index (χ3n) is 4.24. The number of sulfone groups is 1. The summed E-state index contributed by atoms with van der Waals surface area (Å²) in [5.41, 5.74) is 1.24. The summed E-state index contributed by atoms with van der Waals surface area (Å²) < 4.78 is 54.4. The van der Waals surface area contributed by atoms with Gasteiger partial charge in [0, 0.05) is 19.8 Å². The van der Waals surface area contributed by atoms with E-state index in [1.807, 2.05) is 6.92 Å². The van der Waals surface area contributed by atoms with Gasteiger partial charge < -0.3 is 10.1 Å². The number of amides is 1. The van der Waals surface area contributed by atoms with E-state index in [0.717, 1.165) is 9.87 Å². The molecule has 0 fully saturated rings. The van der Waals surface area contributed by atoms with Gasteiger partial charge in [0.15, 0.2) is 16.4 Å². The Morgan fingerprint density at radius 1 is 0.903 bits per heavy atom. The molecule has 2 aromatic rings. The molecule has 0 heterocycles. The van der Waals surface area contributed by atoms with Gasteiger partial charge in [0.05, 0.1) is 22.0 Å². The van der Waals surface area contributed by atoms with Gasteiger partial charge in [-0.1, -0.05) is 17.7 Å². The molecule has 2 aromatic carbocycles. The Kier molecular flexibility index (Phi) is 7.93. The summed E-state index contributed by atoms with van der Waals surface area (Å²) in [6.07, 6.45) is -0.388. The van der Waals surface area contributed by atoms with Crippen LogP contribution in [0.4, 0.5) is 5.69 Å². The molecule has 1 amide bonds. The third-order valence-corrected chi connectivity index (χ3v) is 7.80. The fraction of sp³-hybridized carbons (Fsp3) is 0.300. The van der Waals surface area contributed by atoms with Crippen LogP contribution < -0.4 is 5.32 Å². The van der Waals surface area contributed by atoms with Gasteiger partial charge in [-0.25, -0.2) is 21.1 Å². The van der Waals surface area contributed by atoms with Gasteiger partial charge >= 0.3 is 5.97 Å². The molecule has 2 rings (SSSR count). The van der Waals surface area contributed by atoms with E-state index in [-0.39, 0.29) is 16.2 Å². The number of hydrogen-bond donors (Lipinski definition) is 1. The Hall–Kier alpha value is -2.76. The molecule has 0 atom stereocenters. The van der Waals surface area contributed by atoms with Crippen molar-refractivity contribution in [2.24, 2.45) is 0 Å². The fourth-order valence-electron chi connectivity index (χ4n) is 2.42. The monoisotopic (exact) mass is 468 g/mol. The first-order chi connectivity index (χ1) is 14.4. The van der Waals surface area contributed by atoms with Crippen molar-refractivity contribution in [2.45, 2.75) is 23.1 Å². The second-order valence-electron chi connectivity index (χ2n) is 6.90. The maximum atomic E-state index is 12.2. The summed E-state index contributed by atoms with van der Waals surface area (Å²) in [6.45, 7) is 1.24. The van der Waals surface area contributed by atoms with E-state index in [9.17, 15) is 26.4 Å². The maximum Gasteiger partial charge on any atom is 0.307 e. The Balaban J connectivity index is 1.83. The molecule has 0 saturated carbocycles. The summed E-state index contributed by atoms with van der Waals surface area (Å²) in [5, 5.41) is 2.47. The lowest BCUT2D eigenvalue weighted by molar-refractivity contribution is -0.146. The minimum Gasteiger partial charge on any atom is -0.456 e. The molecule has 31 heavy (non-hydrogen) atoms. The number of sulfonamides is 1. The number of esters is 1. The molecule has 0 bridgehead atoms. The van der Waals surface area contributed by atoms with E-state index in [1.165, 1.54) is 50.5 Å². The number of nitrogens with zero attached hydrogens (tertiary/aromatic N) is 1. The van der Waals surface area contributed by atoms with Crippen molar-refractivity contribution in [1.29, 1.82) is 0 Å². The van der Waals surface area contributed by atoms with E-state index in [4.69, 9.17) is 4.74 Å². The lowest BCUT2D eigenvalue weighted by Crippen LogP contribution is -2.23. The molecule has 9 nitrogen and oxygen atoms in total. The number of anilines is 1. The number of nitrogens with one attached hydrogen (secondary N) is 1. The molecule has 1 N–H and O–H groups in total. The highest BCUT2D eigenvalue weighted by molar-refractivity contribution is 7.91. The quantitative estimate of drug-likeness (QED) is 0.554. The van der Waals surface area contributed by atoms with Gasteiger partial charge in [-0.05, 0) is 43.3 Å². The van der Waals surface area contributed by atoms with Crippen molar-refractivity contribution < 1.29 is 31.2 Å². The van der Waals surface area contributed by atoms with Crippen LogP contribution >= 0.6 is 0 Å². The number of hydrogen-bond acceptors (Lipinski definition) is 7. The van der Waals surface area contributed by atoms with Gasteiger partial charge in [0.2, 0.25) is 10.0 Å². The molecule has 0 aromatic heterocycles. The molecule has 0 aliphatic rings. The zero-order valence-electron chi connectivity index (χ0n) is 17.4. The lowest BCUT2D eigenvalue weighted by Gasteiger charge is -2.12. The standard InChI is InChI=1S/C20H24N2O7S2/c1-15-4-8-17(9-5-15)30(25,26)13-12-20(24)29-14-19(23)21-16-6-10-18(11-7-16)31(27,28)22(2)3/h4-11H,12-14H2,1-3H3,(H,21,23). The van der Waals surface area contributed by atoms with Crippen LogP contribution in [-0.4, -0.2) is 59.5 Å². The zero-order chi connectivity index (χ0) is 23.2. The molecule has 168 valence electrons. The molecular weight excluding hydrogens is 444 g/mol. The number of carbonyl (C=O) groups is 2. The highest BCUT2D eigenvalue weighted by Crippen LogP contribution is 2.17. The van der Waals surface area contributed by atoms with Crippen molar-refractivity contribution in [3.63, 3.8) is 0 Å². The van der Waals surface area contributed by atoms with Gasteiger partial charge in [-0.15, -0.1) is 0 Å². The van der Waals surface area contributed by atoms with E-state index in [1.54, 1.807) is 12.1 Å². The van der Waals surface area contributed by atoms with Gasteiger partial charge in [0.25, 0.3) is 5.91 Å². The predicted molar refractivity (Wildman–Crippen MR) is 115 cm³/mol. The highest BCUT2D eigenvalue weighted by atomic mass is 32.2. The molecule has 0 aliphatic carbocycles. The van der Waals surface area contributed by atoms with Crippen molar-refractivity contribution in [3.05, 3.63) is 54.1 Å². The van der Waals surface area contributed by atoms with Crippen LogP contribution in [0.3, 0.4) is 0 Å². The second kappa shape index (κ2) is 10.0. The Bertz CT molecular complexity index is 1140. The number of ether oxygens (including phenoxy) is 1. The van der Waals surface area contributed by atoms with Crippen molar-refractivity contribution in [1.82, 2.24) is 4.31 Å². The number of aryl methyl sites for hydroxylation is 1. The second-order valence-corrected chi connectivity index (χ2v) is 11.2. The van der Waals surface area contributed by atoms with Gasteiger partial charge in [-0.3, -0.25) is 9.59 Å². The first-order valence-electron chi connectivity index (χ1n) is 9.19. The SMILES string of the molecule is Cc1ccc(S(=O)(=O)CCC(=O)OCC(=O)Nc2ccc(S(=O)(=O)N(C)C)cc2)cc1. The summed E-state index contributed by atoms with van der Waals surface area (Å²) in [5.74, 6) is -1.89. The van der Waals surface area contributed by atoms with Crippen LogP contribution in [0.5, 0.6) is 0 Å². The van der Waals surface area contributed by atoms with Crippen LogP contribution in [0.15, 0.2) is 58.3 Å². The molecular formula is C20H24N2O7S2.